The van der Waals surface area contributed by atoms with Crippen molar-refractivity contribution in [1.29, 1.82) is 0 Å². The zero-order chi connectivity index (χ0) is 9.68. The van der Waals surface area contributed by atoms with Crippen molar-refractivity contribution in [3.05, 3.63) is 23.4 Å². The van der Waals surface area contributed by atoms with Gasteiger partial charge >= 0.3 is 0 Å². The van der Waals surface area contributed by atoms with Gasteiger partial charge in [-0.1, -0.05) is 27.5 Å². The van der Waals surface area contributed by atoms with Gasteiger partial charge in [0.2, 0.25) is 5.91 Å². The molecule has 1 amide bonds. The van der Waals surface area contributed by atoms with Crippen molar-refractivity contribution in [2.24, 2.45) is 0 Å². The summed E-state index contributed by atoms with van der Waals surface area (Å²) >= 11 is 8.80. The van der Waals surface area contributed by atoms with Crippen molar-refractivity contribution in [1.82, 2.24) is 4.98 Å². The number of aromatic nitrogens is 1. The lowest BCUT2D eigenvalue weighted by Gasteiger charge is -2.01. The smallest absolute Gasteiger partial charge is 0.226 e. The van der Waals surface area contributed by atoms with Crippen LogP contribution in [0.2, 0.25) is 5.02 Å². The number of pyridine rings is 1. The summed E-state index contributed by atoms with van der Waals surface area (Å²) in [5.74, 6) is 0.460. The number of alkyl halides is 1. The first-order valence-corrected chi connectivity index (χ1v) is 5.19. The molecule has 0 radical (unpaired) electrons. The number of nitrogens with zero attached hydrogens (tertiary/aromatic N) is 1. The summed E-state index contributed by atoms with van der Waals surface area (Å²) in [5, 5.41) is 3.83. The van der Waals surface area contributed by atoms with Gasteiger partial charge in [-0.15, -0.1) is 0 Å². The van der Waals surface area contributed by atoms with Crippen molar-refractivity contribution in [3.8, 4) is 0 Å². The van der Waals surface area contributed by atoms with Gasteiger partial charge in [-0.3, -0.25) is 4.79 Å². The summed E-state index contributed by atoms with van der Waals surface area (Å²) < 4.78 is 0. The van der Waals surface area contributed by atoms with Crippen LogP contribution in [0.15, 0.2) is 18.3 Å². The molecule has 3 nitrogen and oxygen atoms in total. The Bertz CT molecular complexity index is 289. The number of carbonyl (C=O) groups is 1. The zero-order valence-corrected chi connectivity index (χ0v) is 9.10. The van der Waals surface area contributed by atoms with Crippen LogP contribution in [0, 0.1) is 0 Å². The van der Waals surface area contributed by atoms with E-state index in [4.69, 9.17) is 11.6 Å². The van der Waals surface area contributed by atoms with Crippen LogP contribution >= 0.6 is 27.5 Å². The summed E-state index contributed by atoms with van der Waals surface area (Å²) in [4.78, 5) is 15.0. The van der Waals surface area contributed by atoms with Gasteiger partial charge in [-0.05, 0) is 12.1 Å². The Hall–Kier alpha value is -0.610. The van der Waals surface area contributed by atoms with Gasteiger partial charge in [0, 0.05) is 17.9 Å². The molecule has 1 N–H and O–H groups in total. The minimum Gasteiger partial charge on any atom is -0.311 e. The second kappa shape index (κ2) is 5.19. The second-order valence-electron chi connectivity index (χ2n) is 2.35. The van der Waals surface area contributed by atoms with Gasteiger partial charge in [0.1, 0.15) is 5.82 Å². The molecule has 1 aromatic heterocycles. The van der Waals surface area contributed by atoms with Crippen molar-refractivity contribution >= 4 is 39.3 Å². The molecule has 5 heteroatoms. The molecule has 0 atom stereocenters. The van der Waals surface area contributed by atoms with Crippen LogP contribution in [0.4, 0.5) is 5.82 Å². The molecule has 0 aliphatic heterocycles. The Balaban J connectivity index is 2.54. The maximum Gasteiger partial charge on any atom is 0.226 e. The number of carbonyl (C=O) groups excluding carboxylic acids is 1. The highest BCUT2D eigenvalue weighted by Crippen LogP contribution is 2.09. The van der Waals surface area contributed by atoms with Crippen LogP contribution in [0.5, 0.6) is 0 Å². The van der Waals surface area contributed by atoms with Gasteiger partial charge < -0.3 is 5.32 Å². The van der Waals surface area contributed by atoms with Crippen molar-refractivity contribution in [2.45, 2.75) is 6.42 Å². The number of nitrogens with one attached hydrogen (secondary N) is 1. The van der Waals surface area contributed by atoms with Gasteiger partial charge in [-0.2, -0.15) is 0 Å². The molecule has 0 saturated heterocycles. The largest absolute Gasteiger partial charge is 0.311 e. The molecule has 0 bridgehead atoms. The summed E-state index contributed by atoms with van der Waals surface area (Å²) in [6, 6.07) is 3.34. The predicted octanol–water partition coefficient (Wildman–Crippen LogP) is 2.46. The van der Waals surface area contributed by atoms with Crippen LogP contribution in [0.1, 0.15) is 6.42 Å². The topological polar surface area (TPSA) is 42.0 Å². The fourth-order valence-electron chi connectivity index (χ4n) is 0.741. The molecule has 0 unspecified atom stereocenters. The maximum absolute atomic E-state index is 11.1. The molecule has 1 rings (SSSR count). The summed E-state index contributed by atoms with van der Waals surface area (Å²) in [5.41, 5.74) is 0. The minimum atomic E-state index is -0.0632. The molecule has 1 aromatic rings. The van der Waals surface area contributed by atoms with E-state index < -0.39 is 0 Å². The first kappa shape index (κ1) is 10.5. The molecule has 13 heavy (non-hydrogen) atoms. The third-order valence-corrected chi connectivity index (χ3v) is 1.94. The van der Waals surface area contributed by atoms with E-state index in [1.165, 1.54) is 6.20 Å². The number of hydrogen-bond donors (Lipinski definition) is 1. The Labute approximate surface area is 89.6 Å². The first-order valence-electron chi connectivity index (χ1n) is 3.70. The number of hydrogen-bond acceptors (Lipinski definition) is 2. The van der Waals surface area contributed by atoms with Crippen LogP contribution in [0.3, 0.4) is 0 Å². The van der Waals surface area contributed by atoms with Crippen molar-refractivity contribution < 1.29 is 4.79 Å². The number of halogens is 2. The average Bonchev–Trinajstić information content (AvgIpc) is 2.09. The van der Waals surface area contributed by atoms with Crippen LogP contribution < -0.4 is 5.32 Å². The molecule has 0 fully saturated rings. The highest BCUT2D eigenvalue weighted by molar-refractivity contribution is 9.09. The zero-order valence-electron chi connectivity index (χ0n) is 6.76. The number of rotatable bonds is 3. The molecular formula is C8H8BrClN2O. The predicted molar refractivity (Wildman–Crippen MR) is 56.3 cm³/mol. The fraction of sp³-hybridized carbons (Fsp3) is 0.250. The molecule has 0 aliphatic rings. The summed E-state index contributed by atoms with van der Waals surface area (Å²) in [6.07, 6.45) is 1.93. The summed E-state index contributed by atoms with van der Waals surface area (Å²) in [6.45, 7) is 0. The maximum atomic E-state index is 11.1. The Morgan fingerprint density at radius 1 is 1.62 bits per heavy atom. The number of anilines is 1. The van der Waals surface area contributed by atoms with Gasteiger partial charge in [-0.25, -0.2) is 4.98 Å². The van der Waals surface area contributed by atoms with E-state index in [0.29, 0.717) is 22.6 Å². The third kappa shape index (κ3) is 3.74. The van der Waals surface area contributed by atoms with Crippen molar-refractivity contribution in [3.63, 3.8) is 0 Å². The van der Waals surface area contributed by atoms with E-state index in [-0.39, 0.29) is 5.91 Å². The highest BCUT2D eigenvalue weighted by atomic mass is 79.9. The molecule has 70 valence electrons. The third-order valence-electron chi connectivity index (χ3n) is 1.32. The molecule has 0 spiro atoms. The average molecular weight is 264 g/mol. The summed E-state index contributed by atoms with van der Waals surface area (Å²) in [7, 11) is 0. The molecule has 0 aromatic carbocycles. The number of amides is 1. The fourth-order valence-corrected chi connectivity index (χ4v) is 1.21. The first-order chi connectivity index (χ1) is 6.22. The normalized spacial score (nSPS) is 9.69. The van der Waals surface area contributed by atoms with Gasteiger partial charge in [0.05, 0.1) is 5.02 Å². The van der Waals surface area contributed by atoms with Crippen LogP contribution in [-0.2, 0) is 4.79 Å². The Morgan fingerprint density at radius 2 is 2.38 bits per heavy atom. The van der Waals surface area contributed by atoms with E-state index in [1.807, 2.05) is 0 Å². The minimum absolute atomic E-state index is 0.0632. The van der Waals surface area contributed by atoms with Crippen molar-refractivity contribution in [2.75, 3.05) is 10.6 Å². The van der Waals surface area contributed by atoms with Gasteiger partial charge in [0.15, 0.2) is 0 Å². The van der Waals surface area contributed by atoms with E-state index >= 15 is 0 Å². The lowest BCUT2D eigenvalue weighted by molar-refractivity contribution is -0.115. The van der Waals surface area contributed by atoms with E-state index in [2.05, 4.69) is 26.2 Å². The monoisotopic (exact) mass is 262 g/mol. The molecule has 1 heterocycles. The molecular weight excluding hydrogens is 255 g/mol. The van der Waals surface area contributed by atoms with Crippen LogP contribution in [-0.4, -0.2) is 16.2 Å². The van der Waals surface area contributed by atoms with E-state index in [1.54, 1.807) is 12.1 Å². The van der Waals surface area contributed by atoms with Gasteiger partial charge in [0.25, 0.3) is 0 Å². The van der Waals surface area contributed by atoms with E-state index in [9.17, 15) is 4.79 Å². The molecule has 0 aliphatic carbocycles. The van der Waals surface area contributed by atoms with E-state index in [0.717, 1.165) is 0 Å². The Morgan fingerprint density at radius 3 is 2.92 bits per heavy atom. The quantitative estimate of drug-likeness (QED) is 0.851. The Kier molecular flexibility index (Phi) is 4.18. The van der Waals surface area contributed by atoms with Crippen LogP contribution in [0.25, 0.3) is 0 Å². The standard InChI is InChI=1S/C8H8BrClN2O/c9-4-3-8(13)12-7-2-1-6(10)5-11-7/h1-2,5H,3-4H2,(H,11,12,13). The lowest BCUT2D eigenvalue weighted by atomic mass is 10.4. The SMILES string of the molecule is O=C(CCBr)Nc1ccc(Cl)cn1. The second-order valence-corrected chi connectivity index (χ2v) is 3.58. The lowest BCUT2D eigenvalue weighted by Crippen LogP contribution is -2.12. The molecule has 0 saturated carbocycles. The highest BCUT2D eigenvalue weighted by Gasteiger charge is 2.00.